The molecule has 2 rings (SSSR count). The van der Waals surface area contributed by atoms with E-state index < -0.39 is 0 Å². The summed E-state index contributed by atoms with van der Waals surface area (Å²) in [5.41, 5.74) is 1.38. The smallest absolute Gasteiger partial charge is 0.0951 e. The minimum atomic E-state index is 0.524. The molecule has 0 amide bonds. The van der Waals surface area contributed by atoms with Gasteiger partial charge in [0.25, 0.3) is 0 Å². The average molecular weight is 221 g/mol. The van der Waals surface area contributed by atoms with Crippen LogP contribution in [0.3, 0.4) is 0 Å². The van der Waals surface area contributed by atoms with Gasteiger partial charge in [0.15, 0.2) is 0 Å². The first-order valence-electron chi connectivity index (χ1n) is 6.58. The highest BCUT2D eigenvalue weighted by Crippen LogP contribution is 2.26. The number of nitrogens with one attached hydrogen (secondary N) is 1. The van der Waals surface area contributed by atoms with Crippen LogP contribution in [0.25, 0.3) is 0 Å². The number of aromatic nitrogens is 2. The van der Waals surface area contributed by atoms with E-state index in [2.05, 4.69) is 28.7 Å². The first-order valence-corrected chi connectivity index (χ1v) is 6.58. The van der Waals surface area contributed by atoms with E-state index in [-0.39, 0.29) is 0 Å². The van der Waals surface area contributed by atoms with Crippen molar-refractivity contribution in [2.45, 2.75) is 58.0 Å². The molecule has 3 heteroatoms. The van der Waals surface area contributed by atoms with Crippen molar-refractivity contribution in [1.29, 1.82) is 0 Å². The molecule has 0 saturated carbocycles. The first-order chi connectivity index (χ1) is 7.83. The maximum atomic E-state index is 4.32. The molecule has 90 valence electrons. The van der Waals surface area contributed by atoms with Crippen LogP contribution in [0.1, 0.15) is 63.7 Å². The maximum Gasteiger partial charge on any atom is 0.0951 e. The Labute approximate surface area is 98.3 Å². The molecule has 1 aliphatic heterocycles. The van der Waals surface area contributed by atoms with Gasteiger partial charge in [-0.15, -0.1) is 0 Å². The molecular weight excluding hydrogens is 198 g/mol. The highest BCUT2D eigenvalue weighted by molar-refractivity contribution is 5.07. The number of hydrogen-bond donors (Lipinski definition) is 1. The van der Waals surface area contributed by atoms with E-state index in [0.29, 0.717) is 12.1 Å². The van der Waals surface area contributed by atoms with Crippen molar-refractivity contribution >= 4 is 0 Å². The molecule has 1 saturated heterocycles. The summed E-state index contributed by atoms with van der Waals surface area (Å²) in [5.74, 6) is 0. The van der Waals surface area contributed by atoms with Gasteiger partial charge >= 0.3 is 0 Å². The Morgan fingerprint density at radius 3 is 3.12 bits per heavy atom. The number of imidazole rings is 1. The van der Waals surface area contributed by atoms with Crippen LogP contribution in [0.2, 0.25) is 0 Å². The summed E-state index contributed by atoms with van der Waals surface area (Å²) < 4.78 is 2.35. The summed E-state index contributed by atoms with van der Waals surface area (Å²) in [6.07, 6.45) is 10.4. The zero-order valence-electron chi connectivity index (χ0n) is 10.4. The number of rotatable bonds is 4. The summed E-state index contributed by atoms with van der Waals surface area (Å²) in [7, 11) is 0. The highest BCUT2D eigenvalue weighted by atomic mass is 15.1. The topological polar surface area (TPSA) is 29.9 Å². The summed E-state index contributed by atoms with van der Waals surface area (Å²) in [6.45, 7) is 5.68. The molecule has 1 N–H and O–H groups in total. The van der Waals surface area contributed by atoms with Crippen molar-refractivity contribution in [2.24, 2.45) is 0 Å². The third kappa shape index (κ3) is 2.46. The van der Waals surface area contributed by atoms with Crippen LogP contribution in [0.5, 0.6) is 0 Å². The van der Waals surface area contributed by atoms with Crippen LogP contribution in [0, 0.1) is 0 Å². The molecule has 2 atom stereocenters. The van der Waals surface area contributed by atoms with E-state index in [4.69, 9.17) is 0 Å². The Morgan fingerprint density at radius 2 is 2.44 bits per heavy atom. The fourth-order valence-electron chi connectivity index (χ4n) is 2.61. The molecule has 0 aliphatic carbocycles. The second kappa shape index (κ2) is 5.48. The normalized spacial score (nSPS) is 23.2. The van der Waals surface area contributed by atoms with Crippen LogP contribution < -0.4 is 5.32 Å². The molecule has 16 heavy (non-hydrogen) atoms. The minimum absolute atomic E-state index is 0.524. The summed E-state index contributed by atoms with van der Waals surface area (Å²) in [4.78, 5) is 4.32. The van der Waals surface area contributed by atoms with Crippen molar-refractivity contribution in [3.8, 4) is 0 Å². The zero-order valence-corrected chi connectivity index (χ0v) is 10.4. The van der Waals surface area contributed by atoms with Crippen LogP contribution >= 0.6 is 0 Å². The third-order valence-electron chi connectivity index (χ3n) is 3.54. The maximum absolute atomic E-state index is 4.32. The SMILES string of the molecule is CCCC(C)n1cncc1C1CCCCN1. The van der Waals surface area contributed by atoms with Gasteiger partial charge in [0.05, 0.1) is 12.0 Å². The molecule has 2 unspecified atom stereocenters. The van der Waals surface area contributed by atoms with Crippen molar-refractivity contribution in [3.63, 3.8) is 0 Å². The fraction of sp³-hybridized carbons (Fsp3) is 0.769. The first kappa shape index (κ1) is 11.6. The van der Waals surface area contributed by atoms with Gasteiger partial charge in [0.2, 0.25) is 0 Å². The molecule has 0 aromatic carbocycles. The predicted molar refractivity (Wildman–Crippen MR) is 66.4 cm³/mol. The zero-order chi connectivity index (χ0) is 11.4. The number of hydrogen-bond acceptors (Lipinski definition) is 2. The number of piperidine rings is 1. The summed E-state index contributed by atoms with van der Waals surface area (Å²) in [5, 5.41) is 3.60. The lowest BCUT2D eigenvalue weighted by atomic mass is 10.0. The van der Waals surface area contributed by atoms with Crippen molar-refractivity contribution < 1.29 is 0 Å². The quantitative estimate of drug-likeness (QED) is 0.847. The highest BCUT2D eigenvalue weighted by Gasteiger charge is 2.19. The number of nitrogens with zero attached hydrogens (tertiary/aromatic N) is 2. The van der Waals surface area contributed by atoms with E-state index in [1.165, 1.54) is 37.8 Å². The van der Waals surface area contributed by atoms with Gasteiger partial charge in [0.1, 0.15) is 0 Å². The predicted octanol–water partition coefficient (Wildman–Crippen LogP) is 3.06. The molecule has 1 aliphatic rings. The molecule has 1 aromatic rings. The van der Waals surface area contributed by atoms with Gasteiger partial charge in [0, 0.05) is 18.3 Å². The Hall–Kier alpha value is -0.830. The molecule has 1 aromatic heterocycles. The van der Waals surface area contributed by atoms with Crippen LogP contribution in [0.4, 0.5) is 0 Å². The van der Waals surface area contributed by atoms with Gasteiger partial charge in [-0.25, -0.2) is 4.98 Å². The van der Waals surface area contributed by atoms with Crippen molar-refractivity contribution in [2.75, 3.05) is 6.54 Å². The van der Waals surface area contributed by atoms with E-state index in [0.717, 1.165) is 6.54 Å². The monoisotopic (exact) mass is 221 g/mol. The second-order valence-electron chi connectivity index (χ2n) is 4.87. The van der Waals surface area contributed by atoms with Gasteiger partial charge in [-0.3, -0.25) is 0 Å². The van der Waals surface area contributed by atoms with Gasteiger partial charge < -0.3 is 9.88 Å². The van der Waals surface area contributed by atoms with Gasteiger partial charge in [-0.05, 0) is 32.7 Å². The molecule has 3 nitrogen and oxygen atoms in total. The molecule has 0 bridgehead atoms. The van der Waals surface area contributed by atoms with Gasteiger partial charge in [-0.2, -0.15) is 0 Å². The van der Waals surface area contributed by atoms with Crippen LogP contribution in [-0.2, 0) is 0 Å². The summed E-state index contributed by atoms with van der Waals surface area (Å²) in [6, 6.07) is 1.10. The average Bonchev–Trinajstić information content (AvgIpc) is 2.79. The molecular formula is C13H23N3. The van der Waals surface area contributed by atoms with E-state index in [9.17, 15) is 0 Å². The van der Waals surface area contributed by atoms with E-state index in [1.54, 1.807) is 0 Å². The standard InChI is InChI=1S/C13H23N3/c1-3-6-11(2)16-10-14-9-13(16)12-7-4-5-8-15-12/h9-12,15H,3-8H2,1-2H3. The summed E-state index contributed by atoms with van der Waals surface area (Å²) >= 11 is 0. The van der Waals surface area contributed by atoms with Gasteiger partial charge in [-0.1, -0.05) is 19.8 Å². The largest absolute Gasteiger partial charge is 0.330 e. The van der Waals surface area contributed by atoms with E-state index >= 15 is 0 Å². The lowest BCUT2D eigenvalue weighted by Gasteiger charge is -2.26. The van der Waals surface area contributed by atoms with Crippen LogP contribution in [-0.4, -0.2) is 16.1 Å². The van der Waals surface area contributed by atoms with Crippen molar-refractivity contribution in [3.05, 3.63) is 18.2 Å². The third-order valence-corrected chi connectivity index (χ3v) is 3.54. The molecule has 0 spiro atoms. The fourth-order valence-corrected chi connectivity index (χ4v) is 2.61. The molecule has 1 fully saturated rings. The molecule has 2 heterocycles. The van der Waals surface area contributed by atoms with Crippen LogP contribution in [0.15, 0.2) is 12.5 Å². The minimum Gasteiger partial charge on any atom is -0.330 e. The Bertz CT molecular complexity index is 313. The second-order valence-corrected chi connectivity index (χ2v) is 4.87. The lowest BCUT2D eigenvalue weighted by Crippen LogP contribution is -2.29. The lowest BCUT2D eigenvalue weighted by molar-refractivity contribution is 0.377. The Balaban J connectivity index is 2.11. The Kier molecular flexibility index (Phi) is 3.99. The molecule has 0 radical (unpaired) electrons. The van der Waals surface area contributed by atoms with E-state index in [1.807, 2.05) is 12.5 Å². The van der Waals surface area contributed by atoms with Crippen molar-refractivity contribution in [1.82, 2.24) is 14.9 Å². The Morgan fingerprint density at radius 1 is 1.56 bits per heavy atom.